The molecule has 0 radical (unpaired) electrons. The second-order valence-corrected chi connectivity index (χ2v) is 9.52. The lowest BCUT2D eigenvalue weighted by Crippen LogP contribution is -2.34. The van der Waals surface area contributed by atoms with Crippen molar-refractivity contribution in [3.8, 4) is 0 Å². The fourth-order valence-electron chi connectivity index (χ4n) is 0.950. The van der Waals surface area contributed by atoms with Crippen molar-refractivity contribution in [2.24, 2.45) is 0 Å². The van der Waals surface area contributed by atoms with Gasteiger partial charge in [-0.1, -0.05) is 19.6 Å². The number of rotatable bonds is 5. The van der Waals surface area contributed by atoms with Crippen LogP contribution in [0.15, 0.2) is 0 Å². The Morgan fingerprint density at radius 1 is 1.00 bits per heavy atom. The van der Waals surface area contributed by atoms with Crippen LogP contribution in [-0.4, -0.2) is 35.5 Å². The van der Waals surface area contributed by atoms with E-state index in [0.29, 0.717) is 5.54 Å². The summed E-state index contributed by atoms with van der Waals surface area (Å²) in [5.74, 6) is 0. The van der Waals surface area contributed by atoms with Crippen LogP contribution in [0.2, 0.25) is 25.2 Å². The van der Waals surface area contributed by atoms with Gasteiger partial charge in [0.1, 0.15) is 0 Å². The number of hydrogen-bond donors (Lipinski definition) is 0. The van der Waals surface area contributed by atoms with Crippen LogP contribution in [0.25, 0.3) is 0 Å². The third-order valence-electron chi connectivity index (χ3n) is 1.96. The summed E-state index contributed by atoms with van der Waals surface area (Å²) in [6.45, 7) is 8.70. The average molecular weight is 176 g/mol. The van der Waals surface area contributed by atoms with Crippen molar-refractivity contribution in [2.45, 2.75) is 25.2 Å². The summed E-state index contributed by atoms with van der Waals surface area (Å²) >= 11 is 0. The second kappa shape index (κ2) is 4.90. The molecule has 0 saturated heterocycles. The van der Waals surface area contributed by atoms with Crippen molar-refractivity contribution in [2.75, 3.05) is 27.4 Å². The Hall–Kier alpha value is 0.137. The molecule has 0 N–H and O–H groups in total. The van der Waals surface area contributed by atoms with E-state index in [1.54, 1.807) is 14.2 Å². The van der Waals surface area contributed by atoms with E-state index in [-0.39, 0.29) is 0 Å². The molecule has 0 saturated carbocycles. The van der Waals surface area contributed by atoms with Gasteiger partial charge in [0.25, 0.3) is 0 Å². The Morgan fingerprint density at radius 2 is 1.36 bits per heavy atom. The molecule has 2 nitrogen and oxygen atoms in total. The highest BCUT2D eigenvalue weighted by atomic mass is 28.3. The van der Waals surface area contributed by atoms with Crippen molar-refractivity contribution >= 4 is 8.07 Å². The van der Waals surface area contributed by atoms with Gasteiger partial charge in [-0.3, -0.25) is 0 Å². The van der Waals surface area contributed by atoms with Crippen LogP contribution in [0.3, 0.4) is 0 Å². The molecule has 0 rings (SSSR count). The van der Waals surface area contributed by atoms with Crippen LogP contribution in [0.4, 0.5) is 0 Å². The molecule has 0 heterocycles. The average Bonchev–Trinajstić information content (AvgIpc) is 1.85. The fraction of sp³-hybridized carbons (Fsp3) is 1.00. The van der Waals surface area contributed by atoms with Crippen LogP contribution in [-0.2, 0) is 9.47 Å². The molecule has 11 heavy (non-hydrogen) atoms. The zero-order valence-electron chi connectivity index (χ0n) is 8.31. The van der Waals surface area contributed by atoms with Gasteiger partial charge in [-0.05, 0) is 0 Å². The maximum absolute atomic E-state index is 5.14. The monoisotopic (exact) mass is 176 g/mol. The largest absolute Gasteiger partial charge is 0.385 e. The fourth-order valence-corrected chi connectivity index (χ4v) is 2.28. The molecule has 0 aromatic carbocycles. The van der Waals surface area contributed by atoms with Crippen molar-refractivity contribution < 1.29 is 9.47 Å². The summed E-state index contributed by atoms with van der Waals surface area (Å²) in [7, 11) is 2.43. The lowest BCUT2D eigenvalue weighted by atomic mass is 10.5. The zero-order valence-corrected chi connectivity index (χ0v) is 9.31. The van der Waals surface area contributed by atoms with Gasteiger partial charge in [0, 0.05) is 33.0 Å². The minimum absolute atomic E-state index is 0.623. The quantitative estimate of drug-likeness (QED) is 0.596. The lowest BCUT2D eigenvalue weighted by molar-refractivity contribution is 0.136. The molecule has 0 aromatic heterocycles. The first-order valence-electron chi connectivity index (χ1n) is 4.00. The van der Waals surface area contributed by atoms with E-state index in [2.05, 4.69) is 19.6 Å². The summed E-state index contributed by atoms with van der Waals surface area (Å²) in [5.41, 5.74) is 0.623. The maximum atomic E-state index is 5.14. The molecule has 0 aliphatic rings. The van der Waals surface area contributed by atoms with Crippen molar-refractivity contribution in [3.05, 3.63) is 0 Å². The van der Waals surface area contributed by atoms with Crippen LogP contribution >= 0.6 is 0 Å². The van der Waals surface area contributed by atoms with Crippen LogP contribution in [0, 0.1) is 0 Å². The Kier molecular flexibility index (Phi) is 4.96. The van der Waals surface area contributed by atoms with Crippen LogP contribution in [0.5, 0.6) is 0 Å². The number of methoxy groups -OCH3 is 2. The van der Waals surface area contributed by atoms with Gasteiger partial charge < -0.3 is 9.47 Å². The first-order valence-corrected chi connectivity index (χ1v) is 7.58. The van der Waals surface area contributed by atoms with Gasteiger partial charge in [-0.2, -0.15) is 0 Å². The van der Waals surface area contributed by atoms with Gasteiger partial charge in [-0.15, -0.1) is 0 Å². The molecule has 0 amide bonds. The Bertz CT molecular complexity index is 92.8. The zero-order chi connectivity index (χ0) is 8.91. The number of hydrogen-bond acceptors (Lipinski definition) is 2. The highest BCUT2D eigenvalue weighted by molar-refractivity contribution is 6.77. The normalized spacial score (nSPS) is 12.5. The number of ether oxygens (including phenoxy) is 2. The molecule has 0 aliphatic heterocycles. The summed E-state index contributed by atoms with van der Waals surface area (Å²) in [4.78, 5) is 0. The molecule has 0 fully saturated rings. The standard InChI is InChI=1S/C8H20O2Si/c1-9-6-8(7-10-2)11(3,4)5/h8H,6-7H2,1-5H3. The summed E-state index contributed by atoms with van der Waals surface area (Å²) in [6, 6.07) is 0. The van der Waals surface area contributed by atoms with E-state index >= 15 is 0 Å². The third-order valence-corrected chi connectivity index (χ3v) is 4.74. The van der Waals surface area contributed by atoms with E-state index in [9.17, 15) is 0 Å². The lowest BCUT2D eigenvalue weighted by Gasteiger charge is -2.27. The van der Waals surface area contributed by atoms with Crippen molar-refractivity contribution in [1.82, 2.24) is 0 Å². The molecule has 0 aliphatic carbocycles. The van der Waals surface area contributed by atoms with Gasteiger partial charge in [-0.25, -0.2) is 0 Å². The van der Waals surface area contributed by atoms with Gasteiger partial charge in [0.05, 0.1) is 8.07 Å². The van der Waals surface area contributed by atoms with Gasteiger partial charge >= 0.3 is 0 Å². The van der Waals surface area contributed by atoms with Crippen LogP contribution in [0.1, 0.15) is 0 Å². The maximum Gasteiger partial charge on any atom is 0.0529 e. The van der Waals surface area contributed by atoms with Crippen molar-refractivity contribution in [3.63, 3.8) is 0 Å². The second-order valence-electron chi connectivity index (χ2n) is 3.97. The Labute approximate surface area is 70.9 Å². The molecular weight excluding hydrogens is 156 g/mol. The predicted molar refractivity (Wildman–Crippen MR) is 50.8 cm³/mol. The predicted octanol–water partition coefficient (Wildman–Crippen LogP) is 1.99. The molecule has 0 unspecified atom stereocenters. The van der Waals surface area contributed by atoms with E-state index < -0.39 is 8.07 Å². The SMILES string of the molecule is COCC(COC)[Si](C)(C)C. The topological polar surface area (TPSA) is 18.5 Å². The summed E-state index contributed by atoms with van der Waals surface area (Å²) in [5, 5.41) is 0. The molecule has 0 spiro atoms. The molecular formula is C8H20O2Si. The summed E-state index contributed by atoms with van der Waals surface area (Å²) in [6.07, 6.45) is 0. The van der Waals surface area contributed by atoms with E-state index in [1.165, 1.54) is 0 Å². The first-order chi connectivity index (χ1) is 5.02. The van der Waals surface area contributed by atoms with E-state index in [0.717, 1.165) is 13.2 Å². The highest BCUT2D eigenvalue weighted by Crippen LogP contribution is 2.21. The highest BCUT2D eigenvalue weighted by Gasteiger charge is 2.26. The molecule has 0 aromatic rings. The Balaban J connectivity index is 3.88. The first kappa shape index (κ1) is 11.1. The van der Waals surface area contributed by atoms with E-state index in [4.69, 9.17) is 9.47 Å². The van der Waals surface area contributed by atoms with Gasteiger partial charge in [0.2, 0.25) is 0 Å². The smallest absolute Gasteiger partial charge is 0.0529 e. The van der Waals surface area contributed by atoms with Crippen molar-refractivity contribution in [1.29, 1.82) is 0 Å². The third kappa shape index (κ3) is 4.56. The molecule has 0 atom stereocenters. The molecule has 0 bridgehead atoms. The van der Waals surface area contributed by atoms with Gasteiger partial charge in [0.15, 0.2) is 0 Å². The van der Waals surface area contributed by atoms with Crippen LogP contribution < -0.4 is 0 Å². The summed E-state index contributed by atoms with van der Waals surface area (Å²) < 4.78 is 10.3. The minimum atomic E-state index is -1.08. The molecule has 3 heteroatoms. The van der Waals surface area contributed by atoms with E-state index in [1.807, 2.05) is 0 Å². The molecule has 68 valence electrons. The minimum Gasteiger partial charge on any atom is -0.385 e. The Morgan fingerprint density at radius 3 is 1.55 bits per heavy atom.